The molecule has 0 radical (unpaired) electrons. The van der Waals surface area contributed by atoms with Crippen LogP contribution in [0.1, 0.15) is 46.0 Å². The molecule has 1 saturated heterocycles. The lowest BCUT2D eigenvalue weighted by Gasteiger charge is -2.41. The van der Waals surface area contributed by atoms with Crippen LogP contribution in [-0.2, 0) is 4.79 Å². The second kappa shape index (κ2) is 3.89. The van der Waals surface area contributed by atoms with Crippen LogP contribution in [-0.4, -0.2) is 39.6 Å². The average molecular weight is 240 g/mol. The molecule has 1 heterocycles. The number of carbonyl (C=O) groups excluding carboxylic acids is 1. The molecule has 17 heavy (non-hydrogen) atoms. The number of nitrogens with one attached hydrogen (secondary N) is 1. The minimum absolute atomic E-state index is 0.159. The van der Waals surface area contributed by atoms with Crippen LogP contribution in [0.5, 0.6) is 0 Å². The molecule has 1 aliphatic heterocycles. The molecule has 1 saturated carbocycles. The first-order chi connectivity index (χ1) is 7.87. The molecule has 2 amide bonds. The molecule has 2 aliphatic rings. The summed E-state index contributed by atoms with van der Waals surface area (Å²) < 4.78 is 0. The Morgan fingerprint density at radius 2 is 1.82 bits per heavy atom. The molecule has 0 spiro atoms. The molecule has 5 nitrogen and oxygen atoms in total. The predicted octanol–water partition coefficient (Wildman–Crippen LogP) is 1.58. The molecular weight excluding hydrogens is 220 g/mol. The van der Waals surface area contributed by atoms with Crippen molar-refractivity contribution in [2.75, 3.05) is 6.54 Å². The van der Waals surface area contributed by atoms with Crippen LogP contribution in [0.25, 0.3) is 0 Å². The number of carboxylic acids is 1. The summed E-state index contributed by atoms with van der Waals surface area (Å²) in [5, 5.41) is 11.9. The van der Waals surface area contributed by atoms with Gasteiger partial charge in [0.05, 0.1) is 0 Å². The highest BCUT2D eigenvalue weighted by Gasteiger charge is 2.48. The second-order valence-electron chi connectivity index (χ2n) is 5.74. The summed E-state index contributed by atoms with van der Waals surface area (Å²) in [6, 6.07) is -0.227. The van der Waals surface area contributed by atoms with E-state index in [4.69, 9.17) is 0 Å². The molecule has 0 aromatic heterocycles. The average Bonchev–Trinajstić information content (AvgIpc) is 2.50. The van der Waals surface area contributed by atoms with Gasteiger partial charge in [0.25, 0.3) is 0 Å². The third-order valence-electron chi connectivity index (χ3n) is 4.11. The lowest BCUT2D eigenvalue weighted by Crippen LogP contribution is -2.63. The van der Waals surface area contributed by atoms with Gasteiger partial charge in [0.15, 0.2) is 0 Å². The van der Waals surface area contributed by atoms with Gasteiger partial charge < -0.3 is 15.3 Å². The first-order valence-corrected chi connectivity index (χ1v) is 6.21. The highest BCUT2D eigenvalue weighted by Crippen LogP contribution is 2.34. The Labute approximate surface area is 101 Å². The predicted molar refractivity (Wildman–Crippen MR) is 62.8 cm³/mol. The number of aliphatic carboxylic acids is 1. The fraction of sp³-hybridized carbons (Fsp3) is 0.833. The first kappa shape index (κ1) is 12.2. The SMILES string of the molecule is CC1(C)CCCN1C(=O)NC1(C(=O)O)CCC1. The molecular formula is C12H20N2O3. The van der Waals surface area contributed by atoms with Crippen LogP contribution in [0, 0.1) is 0 Å². The van der Waals surface area contributed by atoms with Crippen LogP contribution < -0.4 is 5.32 Å². The molecule has 2 rings (SSSR count). The van der Waals surface area contributed by atoms with E-state index in [1.165, 1.54) is 0 Å². The third kappa shape index (κ3) is 1.98. The van der Waals surface area contributed by atoms with Gasteiger partial charge in [0.2, 0.25) is 0 Å². The van der Waals surface area contributed by atoms with Crippen molar-refractivity contribution in [1.29, 1.82) is 0 Å². The van der Waals surface area contributed by atoms with E-state index in [0.29, 0.717) is 19.4 Å². The summed E-state index contributed by atoms with van der Waals surface area (Å²) in [6.45, 7) is 4.76. The van der Waals surface area contributed by atoms with Gasteiger partial charge in [-0.2, -0.15) is 0 Å². The van der Waals surface area contributed by atoms with Gasteiger partial charge in [-0.15, -0.1) is 0 Å². The molecule has 96 valence electrons. The number of rotatable bonds is 2. The zero-order chi connectivity index (χ0) is 12.7. The Balaban J connectivity index is 2.04. The fourth-order valence-corrected chi connectivity index (χ4v) is 2.68. The quantitative estimate of drug-likeness (QED) is 0.770. The number of hydrogen-bond acceptors (Lipinski definition) is 2. The summed E-state index contributed by atoms with van der Waals surface area (Å²) in [7, 11) is 0. The number of likely N-dealkylation sites (tertiary alicyclic amines) is 1. The van der Waals surface area contributed by atoms with Gasteiger partial charge in [0.1, 0.15) is 5.54 Å². The minimum Gasteiger partial charge on any atom is -0.480 e. The Bertz CT molecular complexity index is 348. The molecule has 2 N–H and O–H groups in total. The van der Waals surface area contributed by atoms with E-state index >= 15 is 0 Å². The van der Waals surface area contributed by atoms with Crippen molar-refractivity contribution in [2.24, 2.45) is 0 Å². The van der Waals surface area contributed by atoms with Gasteiger partial charge in [-0.05, 0) is 46.0 Å². The summed E-state index contributed by atoms with van der Waals surface area (Å²) in [4.78, 5) is 25.1. The van der Waals surface area contributed by atoms with E-state index in [-0.39, 0.29) is 11.6 Å². The first-order valence-electron chi connectivity index (χ1n) is 6.21. The topological polar surface area (TPSA) is 69.6 Å². The lowest BCUT2D eigenvalue weighted by atomic mass is 9.77. The molecule has 0 aromatic carbocycles. The monoisotopic (exact) mass is 240 g/mol. The van der Waals surface area contributed by atoms with Crippen molar-refractivity contribution in [1.82, 2.24) is 10.2 Å². The Morgan fingerprint density at radius 1 is 1.18 bits per heavy atom. The van der Waals surface area contributed by atoms with Gasteiger partial charge >= 0.3 is 12.0 Å². The standard InChI is InChI=1S/C12H20N2O3/c1-11(2)5-4-8-14(11)10(17)13-12(9(15)16)6-3-7-12/h3-8H2,1-2H3,(H,13,17)(H,15,16). The minimum atomic E-state index is -1.00. The molecule has 0 aromatic rings. The summed E-state index contributed by atoms with van der Waals surface area (Å²) in [5.41, 5.74) is -1.16. The normalized spacial score (nSPS) is 25.2. The highest BCUT2D eigenvalue weighted by molar-refractivity contribution is 5.87. The van der Waals surface area contributed by atoms with Crippen molar-refractivity contribution in [3.05, 3.63) is 0 Å². The van der Waals surface area contributed by atoms with Gasteiger partial charge in [-0.1, -0.05) is 0 Å². The Kier molecular flexibility index (Phi) is 2.79. The van der Waals surface area contributed by atoms with Crippen molar-refractivity contribution in [3.8, 4) is 0 Å². The number of urea groups is 1. The molecule has 5 heteroatoms. The van der Waals surface area contributed by atoms with Crippen molar-refractivity contribution >= 4 is 12.0 Å². The summed E-state index contributed by atoms with van der Waals surface area (Å²) in [5.74, 6) is -0.908. The zero-order valence-electron chi connectivity index (χ0n) is 10.5. The van der Waals surface area contributed by atoms with Crippen molar-refractivity contribution in [3.63, 3.8) is 0 Å². The molecule has 0 bridgehead atoms. The van der Waals surface area contributed by atoms with Crippen LogP contribution in [0.4, 0.5) is 4.79 Å². The maximum atomic E-state index is 12.1. The summed E-state index contributed by atoms with van der Waals surface area (Å²) >= 11 is 0. The lowest BCUT2D eigenvalue weighted by molar-refractivity contribution is -0.148. The van der Waals surface area contributed by atoms with Gasteiger partial charge in [-0.3, -0.25) is 0 Å². The molecule has 0 unspecified atom stereocenters. The van der Waals surface area contributed by atoms with E-state index in [2.05, 4.69) is 5.32 Å². The fourth-order valence-electron chi connectivity index (χ4n) is 2.68. The van der Waals surface area contributed by atoms with Crippen molar-refractivity contribution in [2.45, 2.75) is 57.0 Å². The largest absolute Gasteiger partial charge is 0.480 e. The van der Waals surface area contributed by atoms with Crippen LogP contribution in [0.15, 0.2) is 0 Å². The molecule has 1 aliphatic carbocycles. The second-order valence-corrected chi connectivity index (χ2v) is 5.74. The number of carbonyl (C=O) groups is 2. The maximum Gasteiger partial charge on any atom is 0.329 e. The van der Waals surface area contributed by atoms with Crippen LogP contribution >= 0.6 is 0 Å². The highest BCUT2D eigenvalue weighted by atomic mass is 16.4. The van der Waals surface area contributed by atoms with Crippen LogP contribution in [0.2, 0.25) is 0 Å². The van der Waals surface area contributed by atoms with E-state index in [1.54, 1.807) is 4.90 Å². The molecule has 0 atom stereocenters. The van der Waals surface area contributed by atoms with Gasteiger partial charge in [-0.25, -0.2) is 9.59 Å². The molecule has 2 fully saturated rings. The number of hydrogen-bond donors (Lipinski definition) is 2. The Hall–Kier alpha value is -1.26. The van der Waals surface area contributed by atoms with Crippen LogP contribution in [0.3, 0.4) is 0 Å². The van der Waals surface area contributed by atoms with Gasteiger partial charge in [0, 0.05) is 12.1 Å². The van der Waals surface area contributed by atoms with E-state index in [1.807, 2.05) is 13.8 Å². The summed E-state index contributed by atoms with van der Waals surface area (Å²) in [6.07, 6.45) is 3.92. The number of nitrogens with zero attached hydrogens (tertiary/aromatic N) is 1. The van der Waals surface area contributed by atoms with E-state index < -0.39 is 11.5 Å². The third-order valence-corrected chi connectivity index (χ3v) is 4.11. The van der Waals surface area contributed by atoms with E-state index in [9.17, 15) is 14.7 Å². The smallest absolute Gasteiger partial charge is 0.329 e. The van der Waals surface area contributed by atoms with Crippen molar-refractivity contribution < 1.29 is 14.7 Å². The Morgan fingerprint density at radius 3 is 2.18 bits per heavy atom. The van der Waals surface area contributed by atoms with E-state index in [0.717, 1.165) is 19.3 Å². The zero-order valence-corrected chi connectivity index (χ0v) is 10.5. The maximum absolute atomic E-state index is 12.1. The number of carboxylic acid groups (broad SMARTS) is 1. The number of amides is 2.